The molecule has 0 saturated heterocycles. The fraction of sp³-hybridized carbons (Fsp3) is 0.357. The van der Waals surface area contributed by atoms with Gasteiger partial charge < -0.3 is 5.32 Å². The number of amides is 1. The van der Waals surface area contributed by atoms with Gasteiger partial charge in [0, 0.05) is 28.3 Å². The van der Waals surface area contributed by atoms with Crippen molar-refractivity contribution in [2.24, 2.45) is 0 Å². The lowest BCUT2D eigenvalue weighted by molar-refractivity contribution is 0.0914. The molecule has 2 rings (SSSR count). The van der Waals surface area contributed by atoms with Crippen LogP contribution in [0.1, 0.15) is 31.1 Å². The molecular weight excluding hydrogens is 306 g/mol. The van der Waals surface area contributed by atoms with Crippen LogP contribution in [0, 0.1) is 0 Å². The molecule has 0 bridgehead atoms. The second kappa shape index (κ2) is 5.25. The van der Waals surface area contributed by atoms with E-state index >= 15 is 0 Å². The summed E-state index contributed by atoms with van der Waals surface area (Å²) in [6.45, 7) is 5.96. The predicted octanol–water partition coefficient (Wildman–Crippen LogP) is 2.92. The largest absolute Gasteiger partial charge is 0.346 e. The monoisotopic (exact) mass is 321 g/mol. The minimum absolute atomic E-state index is 0.108. The van der Waals surface area contributed by atoms with E-state index in [1.807, 2.05) is 26.8 Å². The smallest absolute Gasteiger partial charge is 0.251 e. The molecule has 0 saturated carbocycles. The van der Waals surface area contributed by atoms with Crippen molar-refractivity contribution in [1.29, 1.82) is 0 Å². The molecule has 0 radical (unpaired) electrons. The maximum atomic E-state index is 12.2. The van der Waals surface area contributed by atoms with Gasteiger partial charge in [-0.1, -0.05) is 22.9 Å². The van der Waals surface area contributed by atoms with Crippen molar-refractivity contribution in [3.8, 4) is 0 Å². The lowest BCUT2D eigenvalue weighted by atomic mass is 10.0. The van der Waals surface area contributed by atoms with E-state index in [1.165, 1.54) is 0 Å². The Kier molecular flexibility index (Phi) is 3.85. The molecule has 4 nitrogen and oxygen atoms in total. The average Bonchev–Trinajstić information content (AvgIpc) is 2.37. The molecule has 0 spiro atoms. The zero-order valence-electron chi connectivity index (χ0n) is 11.1. The number of rotatable bonds is 3. The first-order valence-corrected chi connectivity index (χ1v) is 6.99. The quantitative estimate of drug-likeness (QED) is 0.884. The first-order chi connectivity index (χ1) is 8.90. The number of halogens is 1. The first-order valence-electron chi connectivity index (χ1n) is 6.07. The zero-order chi connectivity index (χ0) is 14.0. The van der Waals surface area contributed by atoms with E-state index in [9.17, 15) is 4.79 Å². The van der Waals surface area contributed by atoms with Gasteiger partial charge in [-0.05, 0) is 32.0 Å². The minimum atomic E-state index is -0.325. The number of nitrogens with one attached hydrogen (secondary N) is 1. The van der Waals surface area contributed by atoms with Crippen molar-refractivity contribution < 1.29 is 4.79 Å². The summed E-state index contributed by atoms with van der Waals surface area (Å²) in [7, 11) is 0. The van der Waals surface area contributed by atoms with Gasteiger partial charge in [-0.25, -0.2) is 0 Å². The number of aromatic nitrogens is 2. The van der Waals surface area contributed by atoms with Crippen LogP contribution in [0.2, 0.25) is 0 Å². The van der Waals surface area contributed by atoms with Gasteiger partial charge >= 0.3 is 0 Å². The first kappa shape index (κ1) is 13.9. The summed E-state index contributed by atoms with van der Waals surface area (Å²) in [5, 5.41) is 3.00. The predicted molar refractivity (Wildman–Crippen MR) is 79.5 cm³/mol. The standard InChI is InChI=1S/C14H16BrN3O/c1-9(15)14(2,3)18-13(19)10-4-5-11-12(8-10)17-7-6-16-11/h4-9H,1-3H3,(H,18,19). The number of alkyl halides is 1. The maximum Gasteiger partial charge on any atom is 0.251 e. The fourth-order valence-corrected chi connectivity index (χ4v) is 1.68. The molecule has 1 N–H and O–H groups in total. The van der Waals surface area contributed by atoms with Crippen molar-refractivity contribution in [1.82, 2.24) is 15.3 Å². The number of hydrogen-bond donors (Lipinski definition) is 1. The van der Waals surface area contributed by atoms with Crippen molar-refractivity contribution in [3.63, 3.8) is 0 Å². The highest BCUT2D eigenvalue weighted by Crippen LogP contribution is 2.18. The van der Waals surface area contributed by atoms with Crippen LogP contribution in [-0.2, 0) is 0 Å². The van der Waals surface area contributed by atoms with Crippen LogP contribution in [0.3, 0.4) is 0 Å². The second-order valence-corrected chi connectivity index (χ2v) is 6.43. The third-order valence-electron chi connectivity index (χ3n) is 3.16. The van der Waals surface area contributed by atoms with Crippen LogP contribution in [0.25, 0.3) is 11.0 Å². The number of nitrogens with zero attached hydrogens (tertiary/aromatic N) is 2. The number of benzene rings is 1. The summed E-state index contributed by atoms with van der Waals surface area (Å²) in [6, 6.07) is 5.33. The third-order valence-corrected chi connectivity index (χ3v) is 4.31. The highest BCUT2D eigenvalue weighted by molar-refractivity contribution is 9.09. The molecule has 0 aliphatic carbocycles. The Hall–Kier alpha value is -1.49. The van der Waals surface area contributed by atoms with Gasteiger partial charge in [0.1, 0.15) is 0 Å². The van der Waals surface area contributed by atoms with Gasteiger partial charge in [0.2, 0.25) is 0 Å². The molecule has 100 valence electrons. The van der Waals surface area contributed by atoms with Gasteiger partial charge in [0.05, 0.1) is 11.0 Å². The van der Waals surface area contributed by atoms with E-state index in [0.29, 0.717) is 5.56 Å². The Morgan fingerprint density at radius 2 is 1.89 bits per heavy atom. The van der Waals surface area contributed by atoms with Crippen molar-refractivity contribution in [2.45, 2.75) is 31.1 Å². The summed E-state index contributed by atoms with van der Waals surface area (Å²) in [5.74, 6) is -0.108. The van der Waals surface area contributed by atoms with E-state index in [2.05, 4.69) is 31.2 Å². The van der Waals surface area contributed by atoms with Crippen molar-refractivity contribution >= 4 is 32.9 Å². The zero-order valence-corrected chi connectivity index (χ0v) is 12.7. The molecule has 1 aromatic carbocycles. The topological polar surface area (TPSA) is 54.9 Å². The molecular formula is C14H16BrN3O. The number of fused-ring (bicyclic) bond motifs is 1. The Balaban J connectivity index is 2.27. The number of carbonyl (C=O) groups excluding carboxylic acids is 1. The van der Waals surface area contributed by atoms with Crippen LogP contribution < -0.4 is 5.32 Å². The molecule has 0 aliphatic heterocycles. The molecule has 0 aliphatic rings. The Bertz CT molecular complexity index is 610. The molecule has 1 aromatic heterocycles. The minimum Gasteiger partial charge on any atom is -0.346 e. The van der Waals surface area contributed by atoms with Crippen molar-refractivity contribution in [2.75, 3.05) is 0 Å². The Morgan fingerprint density at radius 1 is 1.26 bits per heavy atom. The summed E-state index contributed by atoms with van der Waals surface area (Å²) >= 11 is 3.50. The van der Waals surface area contributed by atoms with Gasteiger partial charge in [-0.2, -0.15) is 0 Å². The summed E-state index contributed by atoms with van der Waals surface area (Å²) < 4.78 is 0. The summed E-state index contributed by atoms with van der Waals surface area (Å²) in [4.78, 5) is 20.8. The SMILES string of the molecule is CC(Br)C(C)(C)NC(=O)c1ccc2nccnc2c1. The summed E-state index contributed by atoms with van der Waals surface area (Å²) in [5.41, 5.74) is 1.77. The van der Waals surface area contributed by atoms with E-state index in [-0.39, 0.29) is 16.3 Å². The lowest BCUT2D eigenvalue weighted by Gasteiger charge is -2.29. The van der Waals surface area contributed by atoms with Gasteiger partial charge in [0.25, 0.3) is 5.91 Å². The van der Waals surface area contributed by atoms with Gasteiger partial charge in [0.15, 0.2) is 0 Å². The molecule has 0 fully saturated rings. The Morgan fingerprint density at radius 3 is 2.53 bits per heavy atom. The second-order valence-electron chi connectivity index (χ2n) is 5.05. The van der Waals surface area contributed by atoms with E-state index in [4.69, 9.17) is 0 Å². The van der Waals surface area contributed by atoms with Gasteiger partial charge in [-0.15, -0.1) is 0 Å². The number of hydrogen-bond acceptors (Lipinski definition) is 3. The molecule has 1 heterocycles. The fourth-order valence-electron chi connectivity index (χ4n) is 1.57. The van der Waals surface area contributed by atoms with Crippen LogP contribution in [0.4, 0.5) is 0 Å². The van der Waals surface area contributed by atoms with E-state index < -0.39 is 0 Å². The molecule has 1 amide bonds. The Labute approximate surface area is 120 Å². The van der Waals surface area contributed by atoms with Crippen LogP contribution in [0.5, 0.6) is 0 Å². The van der Waals surface area contributed by atoms with Crippen molar-refractivity contribution in [3.05, 3.63) is 36.2 Å². The molecule has 2 aromatic rings. The van der Waals surface area contributed by atoms with Crippen LogP contribution in [-0.4, -0.2) is 26.2 Å². The normalized spacial score (nSPS) is 13.3. The van der Waals surface area contributed by atoms with Crippen LogP contribution in [0.15, 0.2) is 30.6 Å². The average molecular weight is 322 g/mol. The summed E-state index contributed by atoms with van der Waals surface area (Å²) in [6.07, 6.45) is 3.26. The highest BCUT2D eigenvalue weighted by atomic mass is 79.9. The van der Waals surface area contributed by atoms with E-state index in [1.54, 1.807) is 24.5 Å². The number of carbonyl (C=O) groups is 1. The molecule has 5 heteroatoms. The van der Waals surface area contributed by atoms with E-state index in [0.717, 1.165) is 11.0 Å². The molecule has 19 heavy (non-hydrogen) atoms. The highest BCUT2D eigenvalue weighted by Gasteiger charge is 2.26. The van der Waals surface area contributed by atoms with Gasteiger partial charge in [-0.3, -0.25) is 14.8 Å². The third kappa shape index (κ3) is 3.10. The maximum absolute atomic E-state index is 12.2. The van der Waals surface area contributed by atoms with Crippen LogP contribution >= 0.6 is 15.9 Å². The molecule has 1 unspecified atom stereocenters. The lowest BCUT2D eigenvalue weighted by Crippen LogP contribution is -2.48. The molecule has 1 atom stereocenters.